The third-order valence-corrected chi connectivity index (χ3v) is 2.00. The zero-order chi connectivity index (χ0) is 8.97. The van der Waals surface area contributed by atoms with E-state index in [1.165, 1.54) is 12.8 Å². The Morgan fingerprint density at radius 3 is 2.83 bits per heavy atom. The fourth-order valence-electron chi connectivity index (χ4n) is 1.30. The zero-order valence-electron chi connectivity index (χ0n) is 7.80. The first-order chi connectivity index (χ1) is 5.68. The highest BCUT2D eigenvalue weighted by Crippen LogP contribution is 2.15. The molecule has 0 spiro atoms. The number of ether oxygens (including phenoxy) is 1. The quantitative estimate of drug-likeness (QED) is 0.602. The van der Waals surface area contributed by atoms with E-state index in [1.54, 1.807) is 6.08 Å². The summed E-state index contributed by atoms with van der Waals surface area (Å²) in [5.74, 6) is 0.582. The maximum atomic E-state index is 10.7. The van der Waals surface area contributed by atoms with Crippen LogP contribution in [-0.4, -0.2) is 12.6 Å². The van der Waals surface area contributed by atoms with Crippen molar-refractivity contribution in [1.29, 1.82) is 0 Å². The lowest BCUT2D eigenvalue weighted by atomic mass is 10.0. The number of hydrogen-bond donors (Lipinski definition) is 0. The Hall–Kier alpha value is -0.790. The van der Waals surface area contributed by atoms with Crippen molar-refractivity contribution in [2.45, 2.75) is 33.1 Å². The fourth-order valence-corrected chi connectivity index (χ4v) is 1.30. The summed E-state index contributed by atoms with van der Waals surface area (Å²) in [5.41, 5.74) is 1.15. The van der Waals surface area contributed by atoms with Gasteiger partial charge in [0.25, 0.3) is 0 Å². The molecule has 1 aliphatic rings. The third-order valence-electron chi connectivity index (χ3n) is 2.00. The Labute approximate surface area is 73.6 Å². The molecule has 2 heteroatoms. The van der Waals surface area contributed by atoms with Crippen molar-refractivity contribution in [1.82, 2.24) is 0 Å². The maximum absolute atomic E-state index is 10.7. The molecule has 0 radical (unpaired) electrons. The maximum Gasteiger partial charge on any atom is 0.331 e. The Kier molecular flexibility index (Phi) is 3.32. The molecule has 0 saturated carbocycles. The van der Waals surface area contributed by atoms with Gasteiger partial charge in [-0.1, -0.05) is 20.3 Å². The van der Waals surface area contributed by atoms with Crippen molar-refractivity contribution in [2.75, 3.05) is 6.61 Å². The summed E-state index contributed by atoms with van der Waals surface area (Å²) in [4.78, 5) is 10.7. The second-order valence-corrected chi connectivity index (χ2v) is 3.70. The third kappa shape index (κ3) is 3.07. The van der Waals surface area contributed by atoms with E-state index in [1.807, 2.05) is 0 Å². The van der Waals surface area contributed by atoms with E-state index in [9.17, 15) is 4.79 Å². The van der Waals surface area contributed by atoms with Crippen LogP contribution < -0.4 is 0 Å². The van der Waals surface area contributed by atoms with Crippen LogP contribution in [0.1, 0.15) is 33.1 Å². The van der Waals surface area contributed by atoms with Gasteiger partial charge in [-0.3, -0.25) is 0 Å². The first-order valence-electron chi connectivity index (χ1n) is 4.54. The second-order valence-electron chi connectivity index (χ2n) is 3.70. The Bertz CT molecular complexity index is 192. The Morgan fingerprint density at radius 1 is 1.58 bits per heavy atom. The lowest BCUT2D eigenvalue weighted by molar-refractivity contribution is -0.134. The van der Waals surface area contributed by atoms with Gasteiger partial charge in [-0.15, -0.1) is 0 Å². The molecule has 12 heavy (non-hydrogen) atoms. The smallest absolute Gasteiger partial charge is 0.331 e. The summed E-state index contributed by atoms with van der Waals surface area (Å²) in [6.07, 6.45) is 5.04. The first-order valence-corrected chi connectivity index (χ1v) is 4.54. The number of esters is 1. The van der Waals surface area contributed by atoms with E-state index in [0.717, 1.165) is 17.9 Å². The van der Waals surface area contributed by atoms with Gasteiger partial charge in [-0.25, -0.2) is 4.79 Å². The van der Waals surface area contributed by atoms with Crippen LogP contribution in [0.5, 0.6) is 0 Å². The van der Waals surface area contributed by atoms with Gasteiger partial charge in [-0.2, -0.15) is 0 Å². The normalized spacial score (nSPS) is 16.6. The van der Waals surface area contributed by atoms with Crippen LogP contribution in [0.25, 0.3) is 0 Å². The highest BCUT2D eigenvalue weighted by Gasteiger charge is 2.11. The highest BCUT2D eigenvalue weighted by atomic mass is 16.5. The lowest BCUT2D eigenvalue weighted by Gasteiger charge is -2.03. The minimum absolute atomic E-state index is 0.172. The van der Waals surface area contributed by atoms with Gasteiger partial charge in [0.15, 0.2) is 0 Å². The molecule has 0 aromatic heterocycles. The average Bonchev–Trinajstić information content (AvgIpc) is 2.35. The van der Waals surface area contributed by atoms with E-state index in [-0.39, 0.29) is 5.97 Å². The van der Waals surface area contributed by atoms with Gasteiger partial charge in [0.2, 0.25) is 0 Å². The molecular weight excluding hydrogens is 152 g/mol. The van der Waals surface area contributed by atoms with Crippen LogP contribution in [0.15, 0.2) is 11.6 Å². The number of hydrogen-bond acceptors (Lipinski definition) is 2. The molecule has 0 aromatic rings. The van der Waals surface area contributed by atoms with E-state index in [2.05, 4.69) is 13.8 Å². The van der Waals surface area contributed by atoms with Crippen LogP contribution in [-0.2, 0) is 9.53 Å². The number of rotatable bonds is 4. The summed E-state index contributed by atoms with van der Waals surface area (Å²) in [6.45, 7) is 4.95. The molecular formula is C10H16O2. The lowest BCUT2D eigenvalue weighted by Crippen LogP contribution is -1.92. The van der Waals surface area contributed by atoms with Crippen LogP contribution in [0.2, 0.25) is 0 Å². The minimum Gasteiger partial charge on any atom is -0.458 e. The summed E-state index contributed by atoms with van der Waals surface area (Å²) in [6, 6.07) is 0. The Morgan fingerprint density at radius 2 is 2.33 bits per heavy atom. The van der Waals surface area contributed by atoms with Crippen molar-refractivity contribution in [3.8, 4) is 0 Å². The summed E-state index contributed by atoms with van der Waals surface area (Å²) in [7, 11) is 0. The monoisotopic (exact) mass is 168 g/mol. The Balaban J connectivity index is 2.16. The van der Waals surface area contributed by atoms with Crippen molar-refractivity contribution >= 4 is 5.97 Å². The second kappa shape index (κ2) is 4.29. The summed E-state index contributed by atoms with van der Waals surface area (Å²) < 4.78 is 4.79. The molecule has 0 amide bonds. The van der Waals surface area contributed by atoms with Gasteiger partial charge < -0.3 is 4.74 Å². The molecule has 2 nitrogen and oxygen atoms in total. The van der Waals surface area contributed by atoms with Crippen LogP contribution in [0, 0.1) is 5.92 Å². The van der Waals surface area contributed by atoms with E-state index in [4.69, 9.17) is 4.74 Å². The van der Waals surface area contributed by atoms with Gasteiger partial charge in [0.05, 0.1) is 0 Å². The minimum atomic E-state index is -0.172. The van der Waals surface area contributed by atoms with Crippen molar-refractivity contribution in [3.63, 3.8) is 0 Å². The molecule has 0 saturated heterocycles. The number of cyclic esters (lactones) is 1. The van der Waals surface area contributed by atoms with E-state index >= 15 is 0 Å². The standard InChI is InChI=1S/C10H16O2/c1-8(2)4-3-5-9-6-10(11)12-7-9/h6,8H,3-5,7H2,1-2H3. The fraction of sp³-hybridized carbons (Fsp3) is 0.700. The van der Waals surface area contributed by atoms with Gasteiger partial charge >= 0.3 is 5.97 Å². The first kappa shape index (κ1) is 9.30. The molecule has 0 N–H and O–H groups in total. The van der Waals surface area contributed by atoms with Crippen molar-refractivity contribution in [3.05, 3.63) is 11.6 Å². The van der Waals surface area contributed by atoms with Crippen LogP contribution in [0.4, 0.5) is 0 Å². The molecule has 1 rings (SSSR count). The summed E-state index contributed by atoms with van der Waals surface area (Å²) in [5, 5.41) is 0. The topological polar surface area (TPSA) is 26.3 Å². The van der Waals surface area contributed by atoms with E-state index < -0.39 is 0 Å². The molecule has 0 aliphatic carbocycles. The zero-order valence-corrected chi connectivity index (χ0v) is 7.80. The molecule has 0 atom stereocenters. The molecule has 68 valence electrons. The molecule has 0 unspecified atom stereocenters. The van der Waals surface area contributed by atoms with Crippen molar-refractivity contribution in [2.24, 2.45) is 5.92 Å². The molecule has 1 aliphatic heterocycles. The molecule has 1 heterocycles. The highest BCUT2D eigenvalue weighted by molar-refractivity contribution is 5.85. The molecule has 0 bridgehead atoms. The van der Waals surface area contributed by atoms with E-state index in [0.29, 0.717) is 6.61 Å². The van der Waals surface area contributed by atoms with Crippen LogP contribution >= 0.6 is 0 Å². The molecule has 0 fully saturated rings. The van der Waals surface area contributed by atoms with Gasteiger partial charge in [0, 0.05) is 6.08 Å². The van der Waals surface area contributed by atoms with Crippen molar-refractivity contribution < 1.29 is 9.53 Å². The van der Waals surface area contributed by atoms with Gasteiger partial charge in [-0.05, 0) is 24.3 Å². The predicted molar refractivity (Wildman–Crippen MR) is 47.7 cm³/mol. The van der Waals surface area contributed by atoms with Gasteiger partial charge in [0.1, 0.15) is 6.61 Å². The summed E-state index contributed by atoms with van der Waals surface area (Å²) >= 11 is 0. The van der Waals surface area contributed by atoms with Crippen LogP contribution in [0.3, 0.4) is 0 Å². The molecule has 0 aromatic carbocycles. The SMILES string of the molecule is CC(C)CCCC1=CC(=O)OC1. The largest absolute Gasteiger partial charge is 0.458 e. The average molecular weight is 168 g/mol. The number of carbonyl (C=O) groups excluding carboxylic acids is 1. The number of carbonyl (C=O) groups is 1. The predicted octanol–water partition coefficient (Wildman–Crippen LogP) is 2.30.